The van der Waals surface area contributed by atoms with Gasteiger partial charge in [-0.25, -0.2) is 4.98 Å². The quantitative estimate of drug-likeness (QED) is 0.809. The molecular weight excluding hydrogens is 352 g/mol. The first-order valence-electron chi connectivity index (χ1n) is 4.72. The van der Waals surface area contributed by atoms with Gasteiger partial charge >= 0.3 is 0 Å². The molecule has 0 bridgehead atoms. The van der Waals surface area contributed by atoms with Gasteiger partial charge in [0.1, 0.15) is 4.60 Å². The third kappa shape index (κ3) is 3.06. The first-order valence-corrected chi connectivity index (χ1v) is 7.18. The highest BCUT2D eigenvalue weighted by Gasteiger charge is 2.06. The molecule has 0 N–H and O–H groups in total. The summed E-state index contributed by atoms with van der Waals surface area (Å²) in [4.78, 5) is 6.51. The van der Waals surface area contributed by atoms with Crippen LogP contribution in [-0.4, -0.2) is 12.0 Å². The maximum atomic E-state index is 4.38. The van der Waals surface area contributed by atoms with Crippen LogP contribution in [0.2, 0.25) is 0 Å². The molecule has 2 aromatic rings. The SMILES string of the molecule is CN(Cc1cccc(Br)c1)c1nc(Br)cs1. The second-order valence-electron chi connectivity index (χ2n) is 3.44. The van der Waals surface area contributed by atoms with Crippen molar-refractivity contribution in [3.63, 3.8) is 0 Å². The van der Waals surface area contributed by atoms with E-state index in [1.165, 1.54) is 5.56 Å². The Kier molecular flexibility index (Phi) is 4.00. The van der Waals surface area contributed by atoms with E-state index in [9.17, 15) is 0 Å². The minimum Gasteiger partial charge on any atom is -0.347 e. The van der Waals surface area contributed by atoms with Crippen LogP contribution >= 0.6 is 43.2 Å². The summed E-state index contributed by atoms with van der Waals surface area (Å²) in [6, 6.07) is 8.32. The van der Waals surface area contributed by atoms with Crippen molar-refractivity contribution in [3.05, 3.63) is 44.3 Å². The highest BCUT2D eigenvalue weighted by atomic mass is 79.9. The number of rotatable bonds is 3. The van der Waals surface area contributed by atoms with Crippen LogP contribution in [0.15, 0.2) is 38.7 Å². The smallest absolute Gasteiger partial charge is 0.186 e. The molecule has 2 nitrogen and oxygen atoms in total. The zero-order valence-corrected chi connectivity index (χ0v) is 12.6. The Morgan fingerprint density at radius 2 is 2.19 bits per heavy atom. The molecule has 1 aromatic heterocycles. The van der Waals surface area contributed by atoms with Crippen molar-refractivity contribution in [2.45, 2.75) is 6.54 Å². The van der Waals surface area contributed by atoms with E-state index in [0.717, 1.165) is 20.8 Å². The van der Waals surface area contributed by atoms with E-state index in [1.54, 1.807) is 11.3 Å². The molecule has 84 valence electrons. The minimum atomic E-state index is 0.861. The number of aromatic nitrogens is 1. The van der Waals surface area contributed by atoms with Gasteiger partial charge in [-0.05, 0) is 33.6 Å². The largest absolute Gasteiger partial charge is 0.347 e. The van der Waals surface area contributed by atoms with Crippen LogP contribution in [0.4, 0.5) is 5.13 Å². The molecule has 0 radical (unpaired) electrons. The fourth-order valence-electron chi connectivity index (χ4n) is 1.40. The summed E-state index contributed by atoms with van der Waals surface area (Å²) in [5.74, 6) is 0. The molecule has 5 heteroatoms. The summed E-state index contributed by atoms with van der Waals surface area (Å²) < 4.78 is 2.01. The van der Waals surface area contributed by atoms with Crippen molar-refractivity contribution >= 4 is 48.3 Å². The van der Waals surface area contributed by atoms with E-state index in [1.807, 2.05) is 24.6 Å². The van der Waals surface area contributed by atoms with Crippen LogP contribution in [0.1, 0.15) is 5.56 Å². The normalized spacial score (nSPS) is 10.4. The summed E-state index contributed by atoms with van der Waals surface area (Å²) in [5.41, 5.74) is 1.27. The van der Waals surface area contributed by atoms with Crippen LogP contribution in [-0.2, 0) is 6.54 Å². The molecule has 0 aliphatic heterocycles. The molecular formula is C11H10Br2N2S. The maximum absolute atomic E-state index is 4.38. The fourth-order valence-corrected chi connectivity index (χ4v) is 3.06. The number of thiazole rings is 1. The number of halogens is 2. The van der Waals surface area contributed by atoms with Crippen LogP contribution in [0.3, 0.4) is 0 Å². The summed E-state index contributed by atoms with van der Waals surface area (Å²) in [6.45, 7) is 0.861. The molecule has 1 heterocycles. The Hall–Kier alpha value is -0.390. The molecule has 0 aliphatic rings. The molecule has 0 saturated heterocycles. The molecule has 1 aromatic carbocycles. The van der Waals surface area contributed by atoms with Crippen molar-refractivity contribution < 1.29 is 0 Å². The van der Waals surface area contributed by atoms with Crippen molar-refractivity contribution in [3.8, 4) is 0 Å². The van der Waals surface area contributed by atoms with E-state index in [2.05, 4.69) is 53.9 Å². The van der Waals surface area contributed by atoms with Gasteiger partial charge in [-0.15, -0.1) is 11.3 Å². The summed E-state index contributed by atoms with van der Waals surface area (Å²) in [5, 5.41) is 3.01. The van der Waals surface area contributed by atoms with Crippen LogP contribution in [0.25, 0.3) is 0 Å². The monoisotopic (exact) mass is 360 g/mol. The Morgan fingerprint density at radius 3 is 2.81 bits per heavy atom. The van der Waals surface area contributed by atoms with Gasteiger partial charge in [0.2, 0.25) is 0 Å². The lowest BCUT2D eigenvalue weighted by atomic mass is 10.2. The zero-order valence-electron chi connectivity index (χ0n) is 8.65. The third-order valence-electron chi connectivity index (χ3n) is 2.10. The Morgan fingerprint density at radius 1 is 1.38 bits per heavy atom. The predicted molar refractivity (Wildman–Crippen MR) is 76.1 cm³/mol. The molecule has 0 amide bonds. The molecule has 0 unspecified atom stereocenters. The number of hydrogen-bond donors (Lipinski definition) is 0. The highest BCUT2D eigenvalue weighted by molar-refractivity contribution is 9.10. The Balaban J connectivity index is 2.10. The molecule has 0 fully saturated rings. The van der Waals surface area contributed by atoms with Crippen LogP contribution < -0.4 is 4.90 Å². The number of anilines is 1. The van der Waals surface area contributed by atoms with E-state index < -0.39 is 0 Å². The van der Waals surface area contributed by atoms with Gasteiger partial charge in [0.15, 0.2) is 5.13 Å². The molecule has 2 rings (SSSR count). The van der Waals surface area contributed by atoms with E-state index in [4.69, 9.17) is 0 Å². The summed E-state index contributed by atoms with van der Waals surface area (Å²) in [7, 11) is 2.05. The number of nitrogens with zero attached hydrogens (tertiary/aromatic N) is 2. The van der Waals surface area contributed by atoms with Gasteiger partial charge < -0.3 is 4.90 Å². The maximum Gasteiger partial charge on any atom is 0.186 e. The van der Waals surface area contributed by atoms with Gasteiger partial charge in [0.25, 0.3) is 0 Å². The van der Waals surface area contributed by atoms with Gasteiger partial charge in [-0.1, -0.05) is 28.1 Å². The van der Waals surface area contributed by atoms with Crippen LogP contribution in [0.5, 0.6) is 0 Å². The fraction of sp³-hybridized carbons (Fsp3) is 0.182. The lowest BCUT2D eigenvalue weighted by Crippen LogP contribution is -2.15. The average molecular weight is 362 g/mol. The zero-order chi connectivity index (χ0) is 11.5. The molecule has 0 atom stereocenters. The molecule has 0 spiro atoms. The van der Waals surface area contributed by atoms with Gasteiger partial charge in [0.05, 0.1) is 0 Å². The third-order valence-corrected chi connectivity index (χ3v) is 4.26. The van der Waals surface area contributed by atoms with Crippen molar-refractivity contribution in [1.82, 2.24) is 4.98 Å². The topological polar surface area (TPSA) is 16.1 Å². The molecule has 0 aliphatic carbocycles. The Bertz CT molecular complexity index is 484. The van der Waals surface area contributed by atoms with Crippen molar-refractivity contribution in [1.29, 1.82) is 0 Å². The van der Waals surface area contributed by atoms with Gasteiger partial charge in [0, 0.05) is 23.4 Å². The summed E-state index contributed by atoms with van der Waals surface area (Å²) >= 11 is 8.47. The molecule has 16 heavy (non-hydrogen) atoms. The van der Waals surface area contributed by atoms with Gasteiger partial charge in [-0.2, -0.15) is 0 Å². The lowest BCUT2D eigenvalue weighted by Gasteiger charge is -2.15. The van der Waals surface area contributed by atoms with E-state index in [0.29, 0.717) is 0 Å². The second kappa shape index (κ2) is 5.29. The minimum absolute atomic E-state index is 0.861. The highest BCUT2D eigenvalue weighted by Crippen LogP contribution is 2.24. The van der Waals surface area contributed by atoms with E-state index >= 15 is 0 Å². The van der Waals surface area contributed by atoms with Gasteiger partial charge in [-0.3, -0.25) is 0 Å². The van der Waals surface area contributed by atoms with E-state index in [-0.39, 0.29) is 0 Å². The van der Waals surface area contributed by atoms with Crippen molar-refractivity contribution in [2.24, 2.45) is 0 Å². The molecule has 0 saturated carbocycles. The Labute approximate surface area is 116 Å². The number of hydrogen-bond acceptors (Lipinski definition) is 3. The van der Waals surface area contributed by atoms with Crippen LogP contribution in [0, 0.1) is 0 Å². The second-order valence-corrected chi connectivity index (χ2v) is 6.00. The summed E-state index contributed by atoms with van der Waals surface area (Å²) in [6.07, 6.45) is 0. The first-order chi connectivity index (χ1) is 7.65. The lowest BCUT2D eigenvalue weighted by molar-refractivity contribution is 0.912. The van der Waals surface area contributed by atoms with Crippen molar-refractivity contribution in [2.75, 3.05) is 11.9 Å². The number of benzene rings is 1. The standard InChI is InChI=1S/C11H10Br2N2S/c1-15(11-14-10(13)7-16-11)6-8-3-2-4-9(12)5-8/h2-5,7H,6H2,1H3. The average Bonchev–Trinajstić information content (AvgIpc) is 2.65. The predicted octanol–water partition coefficient (Wildman–Crippen LogP) is 4.30. The first kappa shape index (κ1) is 12.1.